The predicted molar refractivity (Wildman–Crippen MR) is 149 cm³/mol. The van der Waals surface area contributed by atoms with Gasteiger partial charge in [0.25, 0.3) is 5.91 Å². The Morgan fingerprint density at radius 2 is 1.84 bits per heavy atom. The number of carbonyl (C=O) groups is 2. The van der Waals surface area contributed by atoms with E-state index in [1.54, 1.807) is 6.07 Å². The van der Waals surface area contributed by atoms with Crippen LogP contribution in [-0.4, -0.2) is 50.1 Å². The summed E-state index contributed by atoms with van der Waals surface area (Å²) in [6.45, 7) is 3.63. The van der Waals surface area contributed by atoms with Crippen LogP contribution in [0.5, 0.6) is 0 Å². The molecular weight excluding hydrogens is 481 g/mol. The number of anilines is 2. The van der Waals surface area contributed by atoms with Crippen LogP contribution in [0.15, 0.2) is 72.8 Å². The molecule has 2 atom stereocenters. The van der Waals surface area contributed by atoms with Crippen molar-refractivity contribution in [3.05, 3.63) is 95.3 Å². The molecular formula is C31H36FN3O3. The molecule has 0 radical (unpaired) electrons. The van der Waals surface area contributed by atoms with Crippen molar-refractivity contribution in [2.45, 2.75) is 44.8 Å². The topological polar surface area (TPSA) is 61.9 Å². The Labute approximate surface area is 224 Å². The molecule has 1 N–H and O–H groups in total. The van der Waals surface area contributed by atoms with Gasteiger partial charge in [-0.2, -0.15) is 0 Å². The third-order valence-electron chi connectivity index (χ3n) is 6.94. The molecule has 2 unspecified atom stereocenters. The molecule has 0 aromatic heterocycles. The van der Waals surface area contributed by atoms with Gasteiger partial charge in [-0.1, -0.05) is 43.3 Å². The van der Waals surface area contributed by atoms with Crippen LogP contribution in [0, 0.1) is 5.82 Å². The maximum atomic E-state index is 14.0. The number of ether oxygens (including phenoxy) is 1. The summed E-state index contributed by atoms with van der Waals surface area (Å²) >= 11 is 0. The van der Waals surface area contributed by atoms with Crippen LogP contribution in [0.2, 0.25) is 0 Å². The number of carbonyl (C=O) groups excluding carboxylic acids is 2. The Hall–Kier alpha value is -3.71. The van der Waals surface area contributed by atoms with Crippen molar-refractivity contribution in [2.75, 3.05) is 37.5 Å². The van der Waals surface area contributed by atoms with Gasteiger partial charge in [0.15, 0.2) is 0 Å². The molecule has 1 aliphatic heterocycles. The number of halogens is 1. The largest absolute Gasteiger partial charge is 0.377 e. The Bertz CT molecular complexity index is 1240. The highest BCUT2D eigenvalue weighted by Crippen LogP contribution is 2.29. The van der Waals surface area contributed by atoms with E-state index in [1.165, 1.54) is 18.2 Å². The van der Waals surface area contributed by atoms with Gasteiger partial charge in [0.05, 0.1) is 12.0 Å². The van der Waals surface area contributed by atoms with Gasteiger partial charge in [0.1, 0.15) is 5.82 Å². The minimum atomic E-state index is -0.464. The van der Waals surface area contributed by atoms with Gasteiger partial charge >= 0.3 is 0 Å². The van der Waals surface area contributed by atoms with Gasteiger partial charge < -0.3 is 19.9 Å². The Balaban J connectivity index is 1.63. The molecule has 1 aliphatic rings. The molecule has 200 valence electrons. The first-order valence-corrected chi connectivity index (χ1v) is 13.2. The van der Waals surface area contributed by atoms with Crippen molar-refractivity contribution in [2.24, 2.45) is 0 Å². The van der Waals surface area contributed by atoms with Crippen molar-refractivity contribution >= 4 is 23.2 Å². The van der Waals surface area contributed by atoms with Gasteiger partial charge in [-0.3, -0.25) is 9.59 Å². The van der Waals surface area contributed by atoms with E-state index in [1.807, 2.05) is 79.3 Å². The summed E-state index contributed by atoms with van der Waals surface area (Å²) in [4.78, 5) is 30.6. The second kappa shape index (κ2) is 12.7. The van der Waals surface area contributed by atoms with E-state index >= 15 is 0 Å². The highest BCUT2D eigenvalue weighted by atomic mass is 19.1. The third kappa shape index (κ3) is 6.78. The van der Waals surface area contributed by atoms with Crippen molar-refractivity contribution in [3.63, 3.8) is 0 Å². The molecule has 6 nitrogen and oxygen atoms in total. The molecule has 0 aliphatic carbocycles. The zero-order chi connectivity index (χ0) is 27.1. The lowest BCUT2D eigenvalue weighted by Crippen LogP contribution is -2.40. The summed E-state index contributed by atoms with van der Waals surface area (Å²) < 4.78 is 19.6. The molecule has 2 amide bonds. The number of rotatable bonds is 10. The highest BCUT2D eigenvalue weighted by molar-refractivity contribution is 6.04. The maximum Gasteiger partial charge on any atom is 0.255 e. The fraction of sp³-hybridized carbons (Fsp3) is 0.355. The highest BCUT2D eigenvalue weighted by Gasteiger charge is 2.29. The molecule has 0 bridgehead atoms. The summed E-state index contributed by atoms with van der Waals surface area (Å²) in [6.07, 6.45) is 2.62. The molecule has 7 heteroatoms. The monoisotopic (exact) mass is 517 g/mol. The fourth-order valence-corrected chi connectivity index (χ4v) is 4.99. The Morgan fingerprint density at radius 3 is 2.50 bits per heavy atom. The molecule has 1 saturated heterocycles. The van der Waals surface area contributed by atoms with E-state index in [-0.39, 0.29) is 23.5 Å². The van der Waals surface area contributed by atoms with Gasteiger partial charge in [-0.05, 0) is 66.8 Å². The van der Waals surface area contributed by atoms with Crippen molar-refractivity contribution in [1.82, 2.24) is 4.90 Å². The van der Waals surface area contributed by atoms with Crippen LogP contribution in [0.1, 0.15) is 53.6 Å². The fourth-order valence-electron chi connectivity index (χ4n) is 4.99. The number of nitrogens with zero attached hydrogens (tertiary/aromatic N) is 2. The summed E-state index contributed by atoms with van der Waals surface area (Å²) in [5, 5.41) is 2.88. The van der Waals surface area contributed by atoms with E-state index in [4.69, 9.17) is 4.74 Å². The summed E-state index contributed by atoms with van der Waals surface area (Å²) in [6, 6.07) is 21.1. The van der Waals surface area contributed by atoms with Crippen LogP contribution in [0.3, 0.4) is 0 Å². The Morgan fingerprint density at radius 1 is 1.05 bits per heavy atom. The lowest BCUT2D eigenvalue weighted by Gasteiger charge is -2.31. The van der Waals surface area contributed by atoms with Crippen molar-refractivity contribution in [1.29, 1.82) is 0 Å². The SMILES string of the molecule is CCC(C(=O)N(Cc1cc(NC(=O)c2cccc(F)c2)ccc1N(C)C)CC1CCCO1)c1ccccc1. The average molecular weight is 518 g/mol. The van der Waals surface area contributed by atoms with Gasteiger partial charge in [0.2, 0.25) is 5.91 Å². The van der Waals surface area contributed by atoms with Crippen LogP contribution < -0.4 is 10.2 Å². The normalized spacial score (nSPS) is 15.6. The molecule has 0 spiro atoms. The minimum Gasteiger partial charge on any atom is -0.377 e. The van der Waals surface area contributed by atoms with Gasteiger partial charge in [-0.15, -0.1) is 0 Å². The molecule has 38 heavy (non-hydrogen) atoms. The number of amides is 2. The second-order valence-electron chi connectivity index (χ2n) is 9.93. The minimum absolute atomic E-state index is 0.00546. The zero-order valence-electron chi connectivity index (χ0n) is 22.3. The lowest BCUT2D eigenvalue weighted by molar-refractivity contribution is -0.135. The number of nitrogens with one attached hydrogen (secondary N) is 1. The Kier molecular flexibility index (Phi) is 9.13. The quantitative estimate of drug-likeness (QED) is 0.367. The molecule has 4 rings (SSSR count). The third-order valence-corrected chi connectivity index (χ3v) is 6.94. The van der Waals surface area contributed by atoms with Crippen LogP contribution in [0.25, 0.3) is 0 Å². The molecule has 0 saturated carbocycles. The lowest BCUT2D eigenvalue weighted by atomic mass is 9.94. The smallest absolute Gasteiger partial charge is 0.255 e. The van der Waals surface area contributed by atoms with E-state index in [0.29, 0.717) is 31.8 Å². The van der Waals surface area contributed by atoms with E-state index in [2.05, 4.69) is 5.32 Å². The number of hydrogen-bond donors (Lipinski definition) is 1. The average Bonchev–Trinajstić information content (AvgIpc) is 3.42. The van der Waals surface area contributed by atoms with Crippen LogP contribution in [0.4, 0.5) is 15.8 Å². The van der Waals surface area contributed by atoms with Crippen LogP contribution in [-0.2, 0) is 16.1 Å². The number of hydrogen-bond acceptors (Lipinski definition) is 4. The summed E-state index contributed by atoms with van der Waals surface area (Å²) in [7, 11) is 3.91. The summed E-state index contributed by atoms with van der Waals surface area (Å²) in [5.41, 5.74) is 3.68. The van der Waals surface area contributed by atoms with Crippen molar-refractivity contribution in [3.8, 4) is 0 Å². The first kappa shape index (κ1) is 27.3. The molecule has 3 aromatic rings. The molecule has 3 aromatic carbocycles. The van der Waals surface area contributed by atoms with Gasteiger partial charge in [0, 0.05) is 50.7 Å². The van der Waals surface area contributed by atoms with Crippen molar-refractivity contribution < 1.29 is 18.7 Å². The standard InChI is InChI=1S/C31H36FN3O3/c1-4-28(22-10-6-5-7-11-22)31(37)35(21-27-14-9-17-38-27)20-24-19-26(15-16-29(24)34(2)3)33-30(36)23-12-8-13-25(32)18-23/h5-8,10-13,15-16,18-19,27-28H,4,9,14,17,20-21H2,1-3H3,(H,33,36). The van der Waals surface area contributed by atoms with E-state index in [0.717, 1.165) is 29.7 Å². The maximum absolute atomic E-state index is 14.0. The van der Waals surface area contributed by atoms with Gasteiger partial charge in [-0.25, -0.2) is 4.39 Å². The predicted octanol–water partition coefficient (Wildman–Crippen LogP) is 5.85. The first-order valence-electron chi connectivity index (χ1n) is 13.2. The second-order valence-corrected chi connectivity index (χ2v) is 9.93. The summed E-state index contributed by atoms with van der Waals surface area (Å²) in [5.74, 6) is -1.05. The first-order chi connectivity index (χ1) is 18.4. The molecule has 1 heterocycles. The number of benzene rings is 3. The van der Waals surface area contributed by atoms with E-state index in [9.17, 15) is 14.0 Å². The molecule has 1 fully saturated rings. The van der Waals surface area contributed by atoms with E-state index < -0.39 is 11.7 Å². The van der Waals surface area contributed by atoms with Crippen LogP contribution >= 0.6 is 0 Å². The zero-order valence-corrected chi connectivity index (χ0v) is 22.3.